The van der Waals surface area contributed by atoms with Gasteiger partial charge in [-0.1, -0.05) is 56.5 Å². The van der Waals surface area contributed by atoms with E-state index >= 15 is 0 Å². The van der Waals surface area contributed by atoms with E-state index in [0.717, 1.165) is 42.4 Å². The molecule has 0 spiro atoms. The zero-order chi connectivity index (χ0) is 23.9. The van der Waals surface area contributed by atoms with Crippen molar-refractivity contribution in [3.05, 3.63) is 89.7 Å². The highest BCUT2D eigenvalue weighted by molar-refractivity contribution is 5.70. The molecule has 1 heterocycles. The predicted octanol–water partition coefficient (Wildman–Crippen LogP) is 7.57. The third-order valence-electron chi connectivity index (χ3n) is 7.40. The zero-order valence-corrected chi connectivity index (χ0v) is 21.0. The fourth-order valence-corrected chi connectivity index (χ4v) is 5.26. The standard InChI is InChI=1S/C31H40N2O/c1-5-7-27(29-18-24(6-2)9-8-22(29)3)14-10-25-11-15-28(16-12-25)32-20-26-13-17-31-30(19-26)33-23(4)21-34-31/h5,7-9,13,17-19,25,28,32-33H,1,4,6,10-12,14-16,20-21H2,2-3H3/b27-7-. The van der Waals surface area contributed by atoms with Crippen LogP contribution in [-0.2, 0) is 13.0 Å². The molecule has 0 atom stereocenters. The van der Waals surface area contributed by atoms with Gasteiger partial charge in [-0.15, -0.1) is 0 Å². The summed E-state index contributed by atoms with van der Waals surface area (Å²) in [6.07, 6.45) is 12.8. The first-order chi connectivity index (χ1) is 16.6. The van der Waals surface area contributed by atoms with Gasteiger partial charge >= 0.3 is 0 Å². The molecule has 1 aliphatic carbocycles. The van der Waals surface area contributed by atoms with E-state index in [2.05, 4.69) is 80.1 Å². The highest BCUT2D eigenvalue weighted by Gasteiger charge is 2.21. The van der Waals surface area contributed by atoms with Crippen LogP contribution in [0, 0.1) is 12.8 Å². The summed E-state index contributed by atoms with van der Waals surface area (Å²) < 4.78 is 5.71. The van der Waals surface area contributed by atoms with Gasteiger partial charge in [0.25, 0.3) is 0 Å². The molecule has 0 bridgehead atoms. The first-order valence-electron chi connectivity index (χ1n) is 12.9. The second-order valence-electron chi connectivity index (χ2n) is 9.92. The van der Waals surface area contributed by atoms with Crippen molar-refractivity contribution in [1.82, 2.24) is 5.32 Å². The van der Waals surface area contributed by atoms with Crippen LogP contribution in [0.1, 0.15) is 67.7 Å². The summed E-state index contributed by atoms with van der Waals surface area (Å²) in [4.78, 5) is 0. The van der Waals surface area contributed by atoms with Crippen LogP contribution < -0.4 is 15.4 Å². The minimum absolute atomic E-state index is 0.545. The number of rotatable bonds is 9. The van der Waals surface area contributed by atoms with Gasteiger partial charge in [-0.3, -0.25) is 0 Å². The molecule has 2 aromatic rings. The van der Waals surface area contributed by atoms with E-state index in [-0.39, 0.29) is 0 Å². The number of allylic oxidation sites excluding steroid dienone is 3. The normalized spacial score (nSPS) is 20.3. The maximum absolute atomic E-state index is 5.71. The molecule has 0 aromatic heterocycles. The lowest BCUT2D eigenvalue weighted by Crippen LogP contribution is -2.32. The van der Waals surface area contributed by atoms with Crippen molar-refractivity contribution < 1.29 is 4.74 Å². The largest absolute Gasteiger partial charge is 0.485 e. The third-order valence-corrected chi connectivity index (χ3v) is 7.40. The van der Waals surface area contributed by atoms with Crippen LogP contribution >= 0.6 is 0 Å². The fraction of sp³-hybridized carbons (Fsp3) is 0.419. The molecule has 4 rings (SSSR count). The van der Waals surface area contributed by atoms with Gasteiger partial charge in [0.05, 0.1) is 5.69 Å². The number of hydrogen-bond acceptors (Lipinski definition) is 3. The van der Waals surface area contributed by atoms with Gasteiger partial charge in [0.15, 0.2) is 0 Å². The predicted molar refractivity (Wildman–Crippen MR) is 145 cm³/mol. The molecule has 0 unspecified atom stereocenters. The molecule has 1 fully saturated rings. The van der Waals surface area contributed by atoms with Crippen molar-refractivity contribution in [2.45, 2.75) is 71.4 Å². The number of ether oxygens (including phenoxy) is 1. The molecule has 34 heavy (non-hydrogen) atoms. The van der Waals surface area contributed by atoms with E-state index in [1.54, 1.807) is 0 Å². The quantitative estimate of drug-likeness (QED) is 0.382. The topological polar surface area (TPSA) is 33.3 Å². The van der Waals surface area contributed by atoms with Crippen molar-refractivity contribution in [3.63, 3.8) is 0 Å². The molecule has 1 aliphatic heterocycles. The first kappa shape index (κ1) is 24.3. The van der Waals surface area contributed by atoms with Gasteiger partial charge in [0, 0.05) is 18.3 Å². The smallest absolute Gasteiger partial charge is 0.143 e. The maximum atomic E-state index is 5.71. The number of nitrogens with one attached hydrogen (secondary N) is 2. The molecule has 3 nitrogen and oxygen atoms in total. The summed E-state index contributed by atoms with van der Waals surface area (Å²) in [5.74, 6) is 1.73. The second-order valence-corrected chi connectivity index (χ2v) is 9.92. The van der Waals surface area contributed by atoms with Gasteiger partial charge in [0.1, 0.15) is 12.4 Å². The number of hydrogen-bond donors (Lipinski definition) is 2. The van der Waals surface area contributed by atoms with Gasteiger partial charge in [-0.25, -0.2) is 0 Å². The Bertz CT molecular complexity index is 1040. The van der Waals surface area contributed by atoms with Crippen molar-refractivity contribution in [1.29, 1.82) is 0 Å². The molecule has 2 aromatic carbocycles. The van der Waals surface area contributed by atoms with Crippen LogP contribution in [0.5, 0.6) is 5.75 Å². The molecule has 2 N–H and O–H groups in total. The van der Waals surface area contributed by atoms with Crippen molar-refractivity contribution in [3.8, 4) is 5.75 Å². The van der Waals surface area contributed by atoms with E-state index in [0.29, 0.717) is 12.6 Å². The number of anilines is 1. The lowest BCUT2D eigenvalue weighted by atomic mass is 9.81. The van der Waals surface area contributed by atoms with Crippen LogP contribution in [0.25, 0.3) is 5.57 Å². The van der Waals surface area contributed by atoms with E-state index in [4.69, 9.17) is 4.74 Å². The Kier molecular flexibility index (Phi) is 8.29. The number of benzene rings is 2. The lowest BCUT2D eigenvalue weighted by molar-refractivity contribution is 0.281. The summed E-state index contributed by atoms with van der Waals surface area (Å²) in [5.41, 5.74) is 8.85. The highest BCUT2D eigenvalue weighted by Crippen LogP contribution is 2.33. The summed E-state index contributed by atoms with van der Waals surface area (Å²) in [5, 5.41) is 7.13. The average molecular weight is 457 g/mol. The van der Waals surface area contributed by atoms with Crippen molar-refractivity contribution >= 4 is 11.3 Å². The number of fused-ring (bicyclic) bond motifs is 1. The van der Waals surface area contributed by atoms with Crippen molar-refractivity contribution in [2.24, 2.45) is 5.92 Å². The fourth-order valence-electron chi connectivity index (χ4n) is 5.26. The highest BCUT2D eigenvalue weighted by atomic mass is 16.5. The Labute approximate surface area is 206 Å². The van der Waals surface area contributed by atoms with Crippen molar-refractivity contribution in [2.75, 3.05) is 11.9 Å². The Morgan fingerprint density at radius 1 is 1.12 bits per heavy atom. The van der Waals surface area contributed by atoms with E-state index in [9.17, 15) is 0 Å². The molecule has 3 heteroatoms. The van der Waals surface area contributed by atoms with E-state index in [1.165, 1.54) is 59.9 Å². The van der Waals surface area contributed by atoms with Crippen LogP contribution in [-0.4, -0.2) is 12.6 Å². The maximum Gasteiger partial charge on any atom is 0.143 e. The second kappa shape index (κ2) is 11.6. The Morgan fingerprint density at radius 2 is 1.91 bits per heavy atom. The van der Waals surface area contributed by atoms with Gasteiger partial charge in [0.2, 0.25) is 0 Å². The first-order valence-corrected chi connectivity index (χ1v) is 12.9. The van der Waals surface area contributed by atoms with Crippen LogP contribution in [0.3, 0.4) is 0 Å². The van der Waals surface area contributed by atoms with Crippen LogP contribution in [0.4, 0.5) is 5.69 Å². The molecular weight excluding hydrogens is 416 g/mol. The summed E-state index contributed by atoms with van der Waals surface area (Å²) >= 11 is 0. The van der Waals surface area contributed by atoms with Gasteiger partial charge < -0.3 is 15.4 Å². The average Bonchev–Trinajstić information content (AvgIpc) is 2.86. The summed E-state index contributed by atoms with van der Waals surface area (Å²) in [6, 6.07) is 13.9. The Balaban J connectivity index is 1.25. The summed E-state index contributed by atoms with van der Waals surface area (Å²) in [6.45, 7) is 13.8. The third kappa shape index (κ3) is 6.21. The molecule has 0 radical (unpaired) electrons. The van der Waals surface area contributed by atoms with Crippen LogP contribution in [0.15, 0.2) is 67.4 Å². The monoisotopic (exact) mass is 456 g/mol. The number of aryl methyl sites for hydroxylation is 2. The van der Waals surface area contributed by atoms with E-state index < -0.39 is 0 Å². The lowest BCUT2D eigenvalue weighted by Gasteiger charge is -2.30. The molecular formula is C31H40N2O. The van der Waals surface area contributed by atoms with Gasteiger partial charge in [-0.05, 0) is 97.7 Å². The molecule has 0 saturated heterocycles. The van der Waals surface area contributed by atoms with Gasteiger partial charge in [-0.2, -0.15) is 0 Å². The summed E-state index contributed by atoms with van der Waals surface area (Å²) in [7, 11) is 0. The molecule has 2 aliphatic rings. The van der Waals surface area contributed by atoms with E-state index in [1.807, 2.05) is 6.08 Å². The SMILES string of the molecule is C=C/C=C(/CCC1CCC(NCc2ccc3c(c2)NC(=C)CO3)CC1)c1cc(CC)ccc1C. The Morgan fingerprint density at radius 3 is 2.68 bits per heavy atom. The minimum atomic E-state index is 0.545. The molecule has 0 amide bonds. The molecule has 180 valence electrons. The van der Waals surface area contributed by atoms with Crippen LogP contribution in [0.2, 0.25) is 0 Å². The molecule has 1 saturated carbocycles. The minimum Gasteiger partial charge on any atom is -0.485 e. The zero-order valence-electron chi connectivity index (χ0n) is 21.0. The Hall–Kier alpha value is -2.78.